The summed E-state index contributed by atoms with van der Waals surface area (Å²) in [6.45, 7) is 1.51. The van der Waals surface area contributed by atoms with Crippen LogP contribution in [0, 0.1) is 11.3 Å². The first kappa shape index (κ1) is 17.8. The van der Waals surface area contributed by atoms with Gasteiger partial charge in [0.15, 0.2) is 0 Å². The first-order chi connectivity index (χ1) is 10.8. The van der Waals surface area contributed by atoms with Crippen molar-refractivity contribution in [1.82, 2.24) is 9.55 Å². The Labute approximate surface area is 143 Å². The number of ether oxygens (including phenoxy) is 1. The Hall–Kier alpha value is -1.56. The lowest BCUT2D eigenvalue weighted by Crippen LogP contribution is -2.16. The summed E-state index contributed by atoms with van der Waals surface area (Å²) in [6.07, 6.45) is -3.26. The Morgan fingerprint density at radius 1 is 1.48 bits per heavy atom. The molecule has 0 saturated heterocycles. The van der Waals surface area contributed by atoms with Crippen LogP contribution in [-0.4, -0.2) is 16.2 Å². The molecule has 23 heavy (non-hydrogen) atoms. The molecule has 0 fully saturated rings. The Morgan fingerprint density at radius 3 is 2.70 bits per heavy atom. The van der Waals surface area contributed by atoms with E-state index in [9.17, 15) is 18.4 Å². The zero-order chi connectivity index (χ0) is 17.2. The van der Waals surface area contributed by atoms with Gasteiger partial charge < -0.3 is 9.30 Å². The molecule has 0 aromatic carbocycles. The molecule has 2 rings (SSSR count). The quantitative estimate of drug-likeness (QED) is 0.680. The second-order valence-electron chi connectivity index (χ2n) is 4.39. The molecular formula is C14H10BrClF3N3O. The van der Waals surface area contributed by atoms with E-state index >= 15 is 0 Å². The zero-order valence-corrected chi connectivity index (χ0v) is 14.1. The topological polar surface area (TPSA) is 50.8 Å². The van der Waals surface area contributed by atoms with Gasteiger partial charge in [-0.25, -0.2) is 4.98 Å². The monoisotopic (exact) mass is 407 g/mol. The van der Waals surface area contributed by atoms with Crippen LogP contribution in [0.5, 0.6) is 0 Å². The zero-order valence-electron chi connectivity index (χ0n) is 11.8. The van der Waals surface area contributed by atoms with Gasteiger partial charge in [0, 0.05) is 18.4 Å². The highest BCUT2D eigenvalue weighted by molar-refractivity contribution is 9.10. The lowest BCUT2D eigenvalue weighted by molar-refractivity contribution is -0.146. The van der Waals surface area contributed by atoms with Crippen molar-refractivity contribution < 1.29 is 17.9 Å². The number of hydrogen-bond acceptors (Lipinski definition) is 3. The average Bonchev–Trinajstić information content (AvgIpc) is 2.77. The van der Waals surface area contributed by atoms with Crippen molar-refractivity contribution in [2.24, 2.45) is 0 Å². The summed E-state index contributed by atoms with van der Waals surface area (Å²) in [5, 5.41) is 9.32. The van der Waals surface area contributed by atoms with Crippen molar-refractivity contribution in [2.45, 2.75) is 19.8 Å². The number of nitriles is 1. The number of alkyl halides is 3. The Bertz CT molecular complexity index is 768. The summed E-state index contributed by atoms with van der Waals surface area (Å²) in [6, 6.07) is 4.82. The maximum absolute atomic E-state index is 13.4. The first-order valence-corrected chi connectivity index (χ1v) is 7.57. The number of halogens is 5. The molecule has 0 aliphatic heterocycles. The van der Waals surface area contributed by atoms with Crippen LogP contribution in [0.25, 0.3) is 11.3 Å². The maximum atomic E-state index is 13.4. The lowest BCUT2D eigenvalue weighted by atomic mass is 10.1. The molecule has 0 unspecified atom stereocenters. The fraction of sp³-hybridized carbons (Fsp3) is 0.286. The molecule has 0 atom stereocenters. The summed E-state index contributed by atoms with van der Waals surface area (Å²) in [7, 11) is 0. The molecule has 2 heterocycles. The Balaban J connectivity index is 2.84. The highest BCUT2D eigenvalue weighted by Gasteiger charge is 2.41. The second-order valence-corrected chi connectivity index (χ2v) is 5.54. The number of aromatic nitrogens is 2. The number of nitrogens with zero attached hydrogens (tertiary/aromatic N) is 3. The molecule has 2 aromatic heterocycles. The molecule has 0 saturated carbocycles. The summed E-state index contributed by atoms with van der Waals surface area (Å²) in [5.41, 5.74) is -0.941. The second kappa shape index (κ2) is 6.91. The van der Waals surface area contributed by atoms with Crippen LogP contribution in [0.2, 0.25) is 5.15 Å². The van der Waals surface area contributed by atoms with Gasteiger partial charge in [-0.1, -0.05) is 11.6 Å². The van der Waals surface area contributed by atoms with Crippen molar-refractivity contribution in [3.63, 3.8) is 0 Å². The standard InChI is InChI=1S/C14H10BrClF3N3O/c1-2-23-7-22-11(8-4-3-5-21-13(8)16)9(6-20)10(15)12(22)14(17,18)19/h3-5H,2,7H2,1H3. The molecule has 0 amide bonds. The third-order valence-corrected chi connectivity index (χ3v) is 4.10. The predicted molar refractivity (Wildman–Crippen MR) is 81.7 cm³/mol. The Kier molecular flexibility index (Phi) is 5.34. The molecule has 2 aromatic rings. The van der Waals surface area contributed by atoms with E-state index in [2.05, 4.69) is 20.9 Å². The molecule has 4 nitrogen and oxygen atoms in total. The molecule has 0 aliphatic rings. The van der Waals surface area contributed by atoms with Crippen molar-refractivity contribution >= 4 is 27.5 Å². The van der Waals surface area contributed by atoms with Gasteiger partial charge in [0.05, 0.1) is 15.7 Å². The molecule has 0 radical (unpaired) electrons. The highest BCUT2D eigenvalue weighted by atomic mass is 79.9. The third kappa shape index (κ3) is 3.37. The van der Waals surface area contributed by atoms with Gasteiger partial charge in [0.25, 0.3) is 0 Å². The van der Waals surface area contributed by atoms with Gasteiger partial charge >= 0.3 is 6.18 Å². The summed E-state index contributed by atoms with van der Waals surface area (Å²) in [5.74, 6) is 0. The van der Waals surface area contributed by atoms with E-state index in [0.29, 0.717) is 0 Å². The van der Waals surface area contributed by atoms with Gasteiger partial charge in [-0.3, -0.25) is 0 Å². The Morgan fingerprint density at radius 2 is 2.17 bits per heavy atom. The smallest absolute Gasteiger partial charge is 0.361 e. The number of rotatable bonds is 4. The summed E-state index contributed by atoms with van der Waals surface area (Å²) in [4.78, 5) is 3.86. The van der Waals surface area contributed by atoms with Crippen LogP contribution in [0.1, 0.15) is 18.2 Å². The minimum absolute atomic E-state index is 0.000438. The SMILES string of the molecule is CCOCn1c(-c2cccnc2Cl)c(C#N)c(Br)c1C(F)(F)F. The van der Waals surface area contributed by atoms with Crippen LogP contribution < -0.4 is 0 Å². The van der Waals surface area contributed by atoms with E-state index < -0.39 is 11.9 Å². The number of hydrogen-bond donors (Lipinski definition) is 0. The molecule has 9 heteroatoms. The molecule has 122 valence electrons. The van der Waals surface area contributed by atoms with E-state index in [1.807, 2.05) is 0 Å². The minimum Gasteiger partial charge on any atom is -0.361 e. The molecular weight excluding hydrogens is 399 g/mol. The van der Waals surface area contributed by atoms with E-state index in [0.717, 1.165) is 4.57 Å². The molecule has 0 aliphatic carbocycles. The van der Waals surface area contributed by atoms with Crippen molar-refractivity contribution in [2.75, 3.05) is 6.61 Å². The minimum atomic E-state index is -4.67. The largest absolute Gasteiger partial charge is 0.432 e. The van der Waals surface area contributed by atoms with Gasteiger partial charge in [0.2, 0.25) is 0 Å². The van der Waals surface area contributed by atoms with Crippen LogP contribution in [-0.2, 0) is 17.6 Å². The van der Waals surface area contributed by atoms with Crippen molar-refractivity contribution in [3.8, 4) is 17.3 Å². The highest BCUT2D eigenvalue weighted by Crippen LogP contribution is 2.44. The van der Waals surface area contributed by atoms with E-state index in [1.54, 1.807) is 13.0 Å². The van der Waals surface area contributed by atoms with Gasteiger partial charge in [-0.05, 0) is 35.0 Å². The van der Waals surface area contributed by atoms with Crippen LogP contribution in [0.3, 0.4) is 0 Å². The average molecular weight is 409 g/mol. The van der Waals surface area contributed by atoms with Crippen LogP contribution in [0.4, 0.5) is 13.2 Å². The number of pyridine rings is 1. The molecule has 0 spiro atoms. The fourth-order valence-corrected chi connectivity index (χ4v) is 3.05. The van der Waals surface area contributed by atoms with Crippen molar-refractivity contribution in [3.05, 3.63) is 39.2 Å². The normalized spacial score (nSPS) is 11.5. The van der Waals surface area contributed by atoms with Crippen LogP contribution in [0.15, 0.2) is 22.8 Å². The van der Waals surface area contributed by atoms with Crippen molar-refractivity contribution in [1.29, 1.82) is 5.26 Å². The van der Waals surface area contributed by atoms with Gasteiger partial charge in [-0.15, -0.1) is 0 Å². The van der Waals surface area contributed by atoms with Crippen LogP contribution >= 0.6 is 27.5 Å². The van der Waals surface area contributed by atoms with Gasteiger partial charge in [-0.2, -0.15) is 18.4 Å². The third-order valence-electron chi connectivity index (χ3n) is 3.02. The predicted octanol–water partition coefficient (Wildman–Crippen LogP) is 4.85. The molecule has 0 bridgehead atoms. The summed E-state index contributed by atoms with van der Waals surface area (Å²) < 4.78 is 45.9. The van der Waals surface area contributed by atoms with E-state index in [4.69, 9.17) is 16.3 Å². The fourth-order valence-electron chi connectivity index (χ4n) is 2.12. The first-order valence-electron chi connectivity index (χ1n) is 6.40. The maximum Gasteiger partial charge on any atom is 0.432 e. The lowest BCUT2D eigenvalue weighted by Gasteiger charge is -2.15. The van der Waals surface area contributed by atoms with Gasteiger partial charge in [0.1, 0.15) is 23.6 Å². The molecule has 0 N–H and O–H groups in total. The summed E-state index contributed by atoms with van der Waals surface area (Å²) >= 11 is 8.88. The van der Waals surface area contributed by atoms with E-state index in [1.165, 1.54) is 18.3 Å². The van der Waals surface area contributed by atoms with E-state index in [-0.39, 0.29) is 39.8 Å².